The zero-order valence-corrected chi connectivity index (χ0v) is 29.7. The molecule has 0 bridgehead atoms. The van der Waals surface area contributed by atoms with Crippen molar-refractivity contribution in [2.45, 2.75) is 69.5 Å². The lowest BCUT2D eigenvalue weighted by Crippen LogP contribution is -2.31. The van der Waals surface area contributed by atoms with Gasteiger partial charge in [-0.15, -0.1) is 11.6 Å². The number of rotatable bonds is 19. The topological polar surface area (TPSA) is 174 Å². The van der Waals surface area contributed by atoms with Gasteiger partial charge in [0.15, 0.2) is 0 Å². The van der Waals surface area contributed by atoms with Gasteiger partial charge in [-0.05, 0) is 48.5 Å². The van der Waals surface area contributed by atoms with Gasteiger partial charge in [0, 0.05) is 26.2 Å². The van der Waals surface area contributed by atoms with Crippen LogP contribution in [0.4, 0.5) is 0 Å². The molecule has 0 aromatic carbocycles. The highest BCUT2D eigenvalue weighted by Crippen LogP contribution is 2.23. The van der Waals surface area contributed by atoms with Gasteiger partial charge in [0.25, 0.3) is 0 Å². The van der Waals surface area contributed by atoms with E-state index in [2.05, 4.69) is 34.1 Å². The third-order valence-corrected chi connectivity index (χ3v) is 9.10. The van der Waals surface area contributed by atoms with Gasteiger partial charge < -0.3 is 52.8 Å². The van der Waals surface area contributed by atoms with Crippen molar-refractivity contribution in [3.05, 3.63) is 94.6 Å². The zero-order chi connectivity index (χ0) is 35.0. The van der Waals surface area contributed by atoms with Crippen molar-refractivity contribution in [2.75, 3.05) is 65.1 Å². The lowest BCUT2D eigenvalue weighted by atomic mass is 10.2. The maximum absolute atomic E-state index is 6.11. The minimum absolute atomic E-state index is 0.368. The molecule has 5 unspecified atom stereocenters. The van der Waals surface area contributed by atoms with Crippen LogP contribution in [0, 0.1) is 0 Å². The van der Waals surface area contributed by atoms with Crippen molar-refractivity contribution in [1.29, 1.82) is 0 Å². The summed E-state index contributed by atoms with van der Waals surface area (Å²) in [5, 5.41) is 0. The van der Waals surface area contributed by atoms with Crippen LogP contribution in [0.5, 0.6) is 0 Å². The molecule has 0 amide bonds. The summed E-state index contributed by atoms with van der Waals surface area (Å²) < 4.78 is 49.5. The van der Waals surface area contributed by atoms with Crippen LogP contribution in [0.15, 0.2) is 66.2 Å². The average molecular weight is 729 g/mol. The van der Waals surface area contributed by atoms with Gasteiger partial charge in [-0.2, -0.15) is 0 Å². The molecule has 5 aliphatic rings. The molecule has 5 aliphatic heterocycles. The third kappa shape index (κ3) is 12.9. The lowest BCUT2D eigenvalue weighted by molar-refractivity contribution is 0.197. The Hall–Kier alpha value is -2.95. The molecule has 0 radical (unpaired) electrons. The fourth-order valence-electron chi connectivity index (χ4n) is 5.65. The maximum Gasteiger partial charge on any atom is 0.118 e. The minimum Gasteiger partial charge on any atom is -0.464 e. The molecule has 9 heterocycles. The van der Waals surface area contributed by atoms with Gasteiger partial charge in [-0.3, -0.25) is 9.80 Å². The Bertz CT molecular complexity index is 1480. The summed E-state index contributed by atoms with van der Waals surface area (Å²) in [6.07, 6.45) is 3.17. The van der Waals surface area contributed by atoms with Crippen LogP contribution in [0.25, 0.3) is 0 Å². The van der Waals surface area contributed by atoms with Crippen LogP contribution < -0.4 is 11.5 Å². The first kappa shape index (κ1) is 36.4. The smallest absolute Gasteiger partial charge is 0.118 e. The number of halogens is 1. The number of nitrogens with zero attached hydrogens (tertiary/aromatic N) is 2. The molecule has 13 nitrogen and oxygen atoms in total. The minimum atomic E-state index is 0.368. The number of ether oxygens (including phenoxy) is 5. The summed E-state index contributed by atoms with van der Waals surface area (Å²) in [5.74, 6) is 7.76. The Morgan fingerprint density at radius 2 is 0.725 bits per heavy atom. The van der Waals surface area contributed by atoms with E-state index in [-0.39, 0.29) is 0 Å². The highest BCUT2D eigenvalue weighted by Gasteiger charge is 2.32. The standard InChI is InChI=1S/C23H30N2O6.C11H14N2O2.C3H5ClO/c1-3-18(6-24(8-20-12-26-20)9-21-13-27-21)30-16(1)5-17-2-4-19(31-17)7-25(10-22-14-28-22)11-23-15-29-23;12-6-10-3-1-8(14-10)5-9-2-4-11(7-13)15-9;4-1-3-2-5-3/h1-4,20-23H,5-15H2;1-4H,5-7,12-13H2;3H,1-2H2. The van der Waals surface area contributed by atoms with E-state index in [4.69, 9.17) is 64.4 Å². The van der Waals surface area contributed by atoms with E-state index >= 15 is 0 Å². The summed E-state index contributed by atoms with van der Waals surface area (Å²) in [7, 11) is 0. The van der Waals surface area contributed by atoms with Crippen LogP contribution in [0.3, 0.4) is 0 Å². The molecule has 5 fully saturated rings. The van der Waals surface area contributed by atoms with E-state index in [1.807, 2.05) is 24.3 Å². The molecule has 9 rings (SSSR count). The van der Waals surface area contributed by atoms with Crippen molar-refractivity contribution in [1.82, 2.24) is 9.80 Å². The van der Waals surface area contributed by atoms with Crippen LogP contribution >= 0.6 is 11.6 Å². The largest absolute Gasteiger partial charge is 0.464 e. The van der Waals surface area contributed by atoms with Crippen molar-refractivity contribution in [3.8, 4) is 0 Å². The van der Waals surface area contributed by atoms with Crippen molar-refractivity contribution in [2.24, 2.45) is 11.5 Å². The number of nitrogens with two attached hydrogens (primary N) is 2. The predicted molar refractivity (Wildman–Crippen MR) is 186 cm³/mol. The molecule has 278 valence electrons. The van der Waals surface area contributed by atoms with Crippen LogP contribution in [-0.4, -0.2) is 105 Å². The monoisotopic (exact) mass is 728 g/mol. The van der Waals surface area contributed by atoms with Gasteiger partial charge in [0.2, 0.25) is 0 Å². The average Bonchev–Trinajstić information content (AvgIpc) is 3.86. The molecule has 5 atom stereocenters. The van der Waals surface area contributed by atoms with Gasteiger partial charge in [0.05, 0.1) is 108 Å². The molecule has 4 N–H and O–H groups in total. The third-order valence-electron chi connectivity index (χ3n) is 8.76. The van der Waals surface area contributed by atoms with Crippen LogP contribution in [0.2, 0.25) is 0 Å². The molecule has 5 saturated heterocycles. The molecule has 0 aliphatic carbocycles. The number of furan rings is 4. The van der Waals surface area contributed by atoms with E-state index in [9.17, 15) is 0 Å². The van der Waals surface area contributed by atoms with E-state index in [1.165, 1.54) is 0 Å². The van der Waals surface area contributed by atoms with E-state index in [1.54, 1.807) is 0 Å². The van der Waals surface area contributed by atoms with E-state index < -0.39 is 0 Å². The van der Waals surface area contributed by atoms with Crippen molar-refractivity contribution < 1.29 is 41.4 Å². The number of epoxide rings is 5. The zero-order valence-electron chi connectivity index (χ0n) is 28.9. The molecule has 0 spiro atoms. The first-order chi connectivity index (χ1) is 25.0. The summed E-state index contributed by atoms with van der Waals surface area (Å²) in [5.41, 5.74) is 10.9. The second-order valence-electron chi connectivity index (χ2n) is 13.6. The normalized spacial score (nSPS) is 23.8. The molecule has 0 saturated carbocycles. The fraction of sp³-hybridized carbons (Fsp3) is 0.568. The second kappa shape index (κ2) is 17.7. The number of hydrogen-bond acceptors (Lipinski definition) is 13. The van der Waals surface area contributed by atoms with Crippen molar-refractivity contribution >= 4 is 11.6 Å². The van der Waals surface area contributed by atoms with Crippen molar-refractivity contribution in [3.63, 3.8) is 0 Å². The van der Waals surface area contributed by atoms with Gasteiger partial charge >= 0.3 is 0 Å². The van der Waals surface area contributed by atoms with Gasteiger partial charge in [0.1, 0.15) is 46.1 Å². The highest BCUT2D eigenvalue weighted by atomic mass is 35.5. The Balaban J connectivity index is 0.000000168. The lowest BCUT2D eigenvalue weighted by Gasteiger charge is -2.19. The Morgan fingerprint density at radius 3 is 0.961 bits per heavy atom. The fourth-order valence-corrected chi connectivity index (χ4v) is 5.83. The SMILES string of the molecule is ClCC1CO1.NCc1ccc(Cc2ccc(CN)o2)o1.c1cc(CN(CC2CO2)CC2CO2)oc1Cc1ccc(CN(CC2CO2)CC2CO2)o1. The van der Waals surface area contributed by atoms with Gasteiger partial charge in [-0.25, -0.2) is 0 Å². The Labute approximate surface area is 302 Å². The van der Waals surface area contributed by atoms with E-state index in [0.717, 1.165) is 118 Å². The maximum atomic E-state index is 6.11. The summed E-state index contributed by atoms with van der Waals surface area (Å²) in [6, 6.07) is 15.8. The second-order valence-corrected chi connectivity index (χ2v) is 13.9. The molecular weight excluding hydrogens is 680 g/mol. The number of alkyl halides is 1. The summed E-state index contributed by atoms with van der Waals surface area (Å²) in [4.78, 5) is 4.73. The van der Waals surface area contributed by atoms with Crippen LogP contribution in [-0.2, 0) is 62.7 Å². The number of hydrogen-bond donors (Lipinski definition) is 2. The predicted octanol–water partition coefficient (Wildman–Crippen LogP) is 3.67. The first-order valence-corrected chi connectivity index (χ1v) is 18.3. The molecular formula is C37H49ClN4O9. The summed E-state index contributed by atoms with van der Waals surface area (Å²) >= 11 is 5.27. The quantitative estimate of drug-likeness (QED) is 0.106. The molecule has 4 aromatic heterocycles. The molecule has 51 heavy (non-hydrogen) atoms. The Kier molecular flexibility index (Phi) is 12.6. The Morgan fingerprint density at radius 1 is 0.451 bits per heavy atom. The highest BCUT2D eigenvalue weighted by molar-refractivity contribution is 6.18. The molecule has 4 aromatic rings. The summed E-state index contributed by atoms with van der Waals surface area (Å²) in [6.45, 7) is 10.5. The van der Waals surface area contributed by atoms with E-state index in [0.29, 0.717) is 62.3 Å². The van der Waals surface area contributed by atoms with Gasteiger partial charge in [-0.1, -0.05) is 0 Å². The first-order valence-electron chi connectivity index (χ1n) is 17.8. The van der Waals surface area contributed by atoms with Crippen LogP contribution in [0.1, 0.15) is 46.1 Å². The molecule has 14 heteroatoms.